The van der Waals surface area contributed by atoms with Crippen LogP contribution in [-0.2, 0) is 0 Å². The Morgan fingerprint density at radius 1 is 1.14 bits per heavy atom. The van der Waals surface area contributed by atoms with Crippen molar-refractivity contribution in [2.45, 2.75) is 12.8 Å². The summed E-state index contributed by atoms with van der Waals surface area (Å²) in [6.07, 6.45) is 4.46. The minimum atomic E-state index is -0.493. The van der Waals surface area contributed by atoms with Crippen LogP contribution in [0.2, 0.25) is 0 Å². The summed E-state index contributed by atoms with van der Waals surface area (Å²) in [6.45, 7) is 0.827. The van der Waals surface area contributed by atoms with E-state index >= 15 is 0 Å². The molecular weight excluding hydrogens is 373 g/mol. The van der Waals surface area contributed by atoms with Gasteiger partial charge in [-0.3, -0.25) is 19.6 Å². The minimum absolute atomic E-state index is 0.181. The normalized spacial score (nSPS) is 16.6. The molecule has 0 saturated carbocycles. The highest BCUT2D eigenvalue weighted by atomic mass is 19.1. The number of rotatable bonds is 4. The zero-order valence-corrected chi connectivity index (χ0v) is 16.0. The number of Topliss-reactive ketones (excluding diaryl/α,β-unsaturated/α-hetero) is 1. The van der Waals surface area contributed by atoms with Gasteiger partial charge >= 0.3 is 0 Å². The van der Waals surface area contributed by atoms with Gasteiger partial charge in [0.25, 0.3) is 5.91 Å². The van der Waals surface area contributed by atoms with Gasteiger partial charge in [-0.2, -0.15) is 0 Å². The van der Waals surface area contributed by atoms with Crippen LogP contribution in [0.25, 0.3) is 11.0 Å². The van der Waals surface area contributed by atoms with Crippen molar-refractivity contribution in [1.29, 1.82) is 0 Å². The summed E-state index contributed by atoms with van der Waals surface area (Å²) in [5.41, 5.74) is 1.86. The molecule has 2 heterocycles. The third-order valence-electron chi connectivity index (χ3n) is 5.24. The molecule has 148 valence electrons. The van der Waals surface area contributed by atoms with E-state index in [1.54, 1.807) is 35.5 Å². The fourth-order valence-corrected chi connectivity index (χ4v) is 3.80. The molecule has 1 aliphatic rings. The summed E-state index contributed by atoms with van der Waals surface area (Å²) in [4.78, 5) is 36.4. The summed E-state index contributed by atoms with van der Waals surface area (Å²) < 4.78 is 18.9. The molecule has 2 aromatic carbocycles. The number of aromatic nitrogens is 2. The topological polar surface area (TPSA) is 72.4 Å². The minimum Gasteiger partial charge on any atom is -0.496 e. The van der Waals surface area contributed by atoms with Crippen LogP contribution in [0.3, 0.4) is 0 Å². The lowest BCUT2D eigenvalue weighted by Crippen LogP contribution is -2.42. The summed E-state index contributed by atoms with van der Waals surface area (Å²) in [6, 6.07) is 9.20. The van der Waals surface area contributed by atoms with Crippen molar-refractivity contribution in [2.75, 3.05) is 20.2 Å². The van der Waals surface area contributed by atoms with Crippen LogP contribution >= 0.6 is 0 Å². The maximum absolute atomic E-state index is 13.7. The second-order valence-corrected chi connectivity index (χ2v) is 7.03. The van der Waals surface area contributed by atoms with Crippen LogP contribution in [0.15, 0.2) is 48.8 Å². The van der Waals surface area contributed by atoms with Crippen LogP contribution in [0.1, 0.15) is 33.6 Å². The number of hydrogen-bond acceptors (Lipinski definition) is 5. The first kappa shape index (κ1) is 19.0. The van der Waals surface area contributed by atoms with Crippen molar-refractivity contribution in [3.8, 4) is 5.75 Å². The quantitative estimate of drug-likeness (QED) is 0.635. The third-order valence-corrected chi connectivity index (χ3v) is 5.24. The highest BCUT2D eigenvalue weighted by molar-refractivity contribution is 6.05. The first-order chi connectivity index (χ1) is 14.1. The van der Waals surface area contributed by atoms with Crippen LogP contribution in [-0.4, -0.2) is 46.8 Å². The van der Waals surface area contributed by atoms with Gasteiger partial charge in [-0.15, -0.1) is 0 Å². The van der Waals surface area contributed by atoms with Gasteiger partial charge in [0.2, 0.25) is 0 Å². The molecule has 29 heavy (non-hydrogen) atoms. The molecule has 6 nitrogen and oxygen atoms in total. The molecule has 0 radical (unpaired) electrons. The van der Waals surface area contributed by atoms with E-state index in [0.717, 1.165) is 0 Å². The van der Waals surface area contributed by atoms with Crippen molar-refractivity contribution in [2.24, 2.45) is 5.92 Å². The summed E-state index contributed by atoms with van der Waals surface area (Å²) >= 11 is 0. The van der Waals surface area contributed by atoms with Gasteiger partial charge in [-0.25, -0.2) is 4.39 Å². The van der Waals surface area contributed by atoms with Gasteiger partial charge in [-0.1, -0.05) is 6.07 Å². The Morgan fingerprint density at radius 2 is 1.97 bits per heavy atom. The van der Waals surface area contributed by atoms with Crippen molar-refractivity contribution >= 4 is 22.7 Å². The van der Waals surface area contributed by atoms with Crippen LogP contribution in [0.4, 0.5) is 4.39 Å². The number of carbonyl (C=O) groups is 2. The number of likely N-dealkylation sites (tertiary alicyclic amines) is 1. The number of carbonyl (C=O) groups excluding carboxylic acids is 2. The van der Waals surface area contributed by atoms with E-state index < -0.39 is 11.7 Å². The van der Waals surface area contributed by atoms with E-state index in [4.69, 9.17) is 4.74 Å². The highest BCUT2D eigenvalue weighted by Gasteiger charge is 2.31. The third kappa shape index (κ3) is 3.68. The molecule has 4 rings (SSSR count). The van der Waals surface area contributed by atoms with Crippen molar-refractivity contribution in [3.05, 3.63) is 65.7 Å². The zero-order valence-electron chi connectivity index (χ0n) is 16.0. The number of piperidine rings is 1. The van der Waals surface area contributed by atoms with E-state index in [1.807, 2.05) is 0 Å². The van der Waals surface area contributed by atoms with Crippen LogP contribution in [0, 0.1) is 11.7 Å². The molecule has 1 fully saturated rings. The lowest BCUT2D eigenvalue weighted by molar-refractivity contribution is 0.0637. The number of amides is 1. The van der Waals surface area contributed by atoms with E-state index in [0.29, 0.717) is 41.7 Å². The van der Waals surface area contributed by atoms with E-state index in [2.05, 4.69) is 9.97 Å². The van der Waals surface area contributed by atoms with Gasteiger partial charge in [0.05, 0.1) is 23.8 Å². The number of hydrogen-bond donors (Lipinski definition) is 0. The number of para-hydroxylation sites is 1. The Kier molecular flexibility index (Phi) is 5.20. The molecule has 3 aromatic rings. The largest absolute Gasteiger partial charge is 0.496 e. The van der Waals surface area contributed by atoms with Gasteiger partial charge in [0, 0.05) is 31.4 Å². The predicted molar refractivity (Wildman–Crippen MR) is 105 cm³/mol. The molecule has 1 aromatic heterocycles. The van der Waals surface area contributed by atoms with Gasteiger partial charge in [0.15, 0.2) is 5.78 Å². The van der Waals surface area contributed by atoms with E-state index in [9.17, 15) is 14.0 Å². The molecule has 1 aliphatic heterocycles. The second-order valence-electron chi connectivity index (χ2n) is 7.03. The molecule has 0 spiro atoms. The standard InChI is InChI=1S/C22H20FN3O3/c1-29-19-8-7-15(23)12-17(19)21(27)14-4-3-11-26(13-14)22(28)16-5-2-6-18-20(16)25-10-9-24-18/h2,5-10,12,14H,3-4,11,13H2,1H3/t14-/m0/s1. The van der Waals surface area contributed by atoms with Crippen molar-refractivity contribution in [3.63, 3.8) is 0 Å². The summed E-state index contributed by atoms with van der Waals surface area (Å²) in [5, 5.41) is 0. The van der Waals surface area contributed by atoms with Crippen molar-refractivity contribution in [1.82, 2.24) is 14.9 Å². The zero-order chi connectivity index (χ0) is 20.4. The molecule has 1 saturated heterocycles. The van der Waals surface area contributed by atoms with Crippen LogP contribution < -0.4 is 4.74 Å². The maximum atomic E-state index is 13.7. The lowest BCUT2D eigenvalue weighted by Gasteiger charge is -2.32. The Labute approximate surface area is 167 Å². The maximum Gasteiger partial charge on any atom is 0.256 e. The Morgan fingerprint density at radius 3 is 2.79 bits per heavy atom. The fraction of sp³-hybridized carbons (Fsp3) is 0.273. The van der Waals surface area contributed by atoms with E-state index in [1.165, 1.54) is 25.3 Å². The Bertz CT molecular complexity index is 1080. The van der Waals surface area contributed by atoms with Gasteiger partial charge in [0.1, 0.15) is 17.1 Å². The van der Waals surface area contributed by atoms with Gasteiger partial charge in [-0.05, 0) is 43.2 Å². The molecule has 0 unspecified atom stereocenters. The molecule has 0 bridgehead atoms. The number of ether oxygens (including phenoxy) is 1. The van der Waals surface area contributed by atoms with Gasteiger partial charge < -0.3 is 9.64 Å². The highest BCUT2D eigenvalue weighted by Crippen LogP contribution is 2.28. The first-order valence-electron chi connectivity index (χ1n) is 9.45. The average molecular weight is 393 g/mol. The monoisotopic (exact) mass is 393 g/mol. The number of fused-ring (bicyclic) bond motifs is 1. The average Bonchev–Trinajstić information content (AvgIpc) is 2.77. The molecule has 7 heteroatoms. The first-order valence-corrected chi connectivity index (χ1v) is 9.45. The van der Waals surface area contributed by atoms with Crippen LogP contribution in [0.5, 0.6) is 5.75 Å². The summed E-state index contributed by atoms with van der Waals surface area (Å²) in [5.74, 6) is -0.961. The van der Waals surface area contributed by atoms with E-state index in [-0.39, 0.29) is 23.8 Å². The molecule has 1 amide bonds. The molecule has 0 N–H and O–H groups in total. The smallest absolute Gasteiger partial charge is 0.256 e. The molecule has 1 atom stereocenters. The Balaban J connectivity index is 1.59. The molecule has 0 aliphatic carbocycles. The SMILES string of the molecule is COc1ccc(F)cc1C(=O)[C@H]1CCCN(C(=O)c2cccc3nccnc23)C1. The number of methoxy groups -OCH3 is 1. The van der Waals surface area contributed by atoms with Crippen molar-refractivity contribution < 1.29 is 18.7 Å². The second kappa shape index (κ2) is 7.95. The number of benzene rings is 2. The number of nitrogens with zero attached hydrogens (tertiary/aromatic N) is 3. The fourth-order valence-electron chi connectivity index (χ4n) is 3.80. The number of halogens is 1. The Hall–Kier alpha value is -3.35. The lowest BCUT2D eigenvalue weighted by atomic mass is 9.89. The number of ketones is 1. The predicted octanol–water partition coefficient (Wildman–Crippen LogP) is 3.51. The summed E-state index contributed by atoms with van der Waals surface area (Å²) in [7, 11) is 1.45. The molecular formula is C22H20FN3O3.